The molecule has 0 fully saturated rings. The fraction of sp³-hybridized carbons (Fsp3) is 0. The molecule has 1 aliphatic heterocycles. The highest BCUT2D eigenvalue weighted by atomic mass is 16.2. The third-order valence-electron chi connectivity index (χ3n) is 2.07. The minimum absolute atomic E-state index is 0.0578. The Morgan fingerprint density at radius 3 is 2.50 bits per heavy atom. The summed E-state index contributed by atoms with van der Waals surface area (Å²) >= 11 is 0. The minimum Gasteiger partial charge on any atom is -0.383 e. The van der Waals surface area contributed by atoms with Gasteiger partial charge >= 0.3 is 6.03 Å². The molecule has 0 aliphatic carbocycles. The van der Waals surface area contributed by atoms with Crippen molar-refractivity contribution < 1.29 is 9.59 Å². The maximum atomic E-state index is 11.5. The van der Waals surface area contributed by atoms with Crippen LogP contribution >= 0.6 is 0 Å². The van der Waals surface area contributed by atoms with Gasteiger partial charge in [0.25, 0.3) is 5.91 Å². The third kappa shape index (κ3) is 1.98. The van der Waals surface area contributed by atoms with Gasteiger partial charge in [0.1, 0.15) is 5.84 Å². The van der Waals surface area contributed by atoms with Crippen molar-refractivity contribution in [3.8, 4) is 0 Å². The van der Waals surface area contributed by atoms with E-state index in [0.29, 0.717) is 0 Å². The largest absolute Gasteiger partial charge is 0.383 e. The van der Waals surface area contributed by atoms with Gasteiger partial charge in [-0.1, -0.05) is 30.3 Å². The van der Waals surface area contributed by atoms with Crippen LogP contribution in [0, 0.1) is 0 Å². The van der Waals surface area contributed by atoms with Crippen LogP contribution in [0.15, 0.2) is 40.9 Å². The van der Waals surface area contributed by atoms with E-state index >= 15 is 0 Å². The minimum atomic E-state index is -0.729. The second kappa shape index (κ2) is 3.98. The van der Waals surface area contributed by atoms with Gasteiger partial charge in [-0.25, -0.2) is 4.79 Å². The first-order valence-corrected chi connectivity index (χ1v) is 4.63. The zero-order chi connectivity index (χ0) is 11.5. The Morgan fingerprint density at radius 1 is 1.19 bits per heavy atom. The van der Waals surface area contributed by atoms with Gasteiger partial charge in [-0.05, 0) is 11.6 Å². The highest BCUT2D eigenvalue weighted by Gasteiger charge is 2.22. The first kappa shape index (κ1) is 10.1. The van der Waals surface area contributed by atoms with Crippen LogP contribution in [-0.4, -0.2) is 17.8 Å². The molecule has 2 rings (SSSR count). The summed E-state index contributed by atoms with van der Waals surface area (Å²) in [5.41, 5.74) is 6.53. The lowest BCUT2D eigenvalue weighted by atomic mass is 10.1. The third-order valence-corrected chi connectivity index (χ3v) is 2.07. The van der Waals surface area contributed by atoms with E-state index in [9.17, 15) is 9.59 Å². The second-order valence-electron chi connectivity index (χ2n) is 3.23. The standard InChI is InChI=1S/C11H9N3O2/c12-9-8(10(15)14-11(16)13-9)6-7-4-2-1-3-5-7/h1-6H,(H3,12,13,14,15,16)/b8-6+. The van der Waals surface area contributed by atoms with E-state index in [4.69, 9.17) is 5.73 Å². The summed E-state index contributed by atoms with van der Waals surface area (Å²) in [6.45, 7) is 0. The number of amides is 3. The number of rotatable bonds is 1. The van der Waals surface area contributed by atoms with Crippen molar-refractivity contribution in [1.82, 2.24) is 5.32 Å². The Balaban J connectivity index is 2.41. The summed E-state index contributed by atoms with van der Waals surface area (Å²) in [6.07, 6.45) is 1.58. The number of benzene rings is 1. The summed E-state index contributed by atoms with van der Waals surface area (Å²) in [6, 6.07) is 8.46. The van der Waals surface area contributed by atoms with Gasteiger partial charge in [-0.15, -0.1) is 0 Å². The number of nitrogens with two attached hydrogens (primary N) is 1. The van der Waals surface area contributed by atoms with E-state index in [2.05, 4.69) is 10.3 Å². The van der Waals surface area contributed by atoms with Crippen LogP contribution in [0.5, 0.6) is 0 Å². The summed E-state index contributed by atoms with van der Waals surface area (Å²) in [7, 11) is 0. The molecule has 3 N–H and O–H groups in total. The molecule has 0 saturated carbocycles. The molecular weight excluding hydrogens is 206 g/mol. The number of imide groups is 1. The van der Waals surface area contributed by atoms with E-state index in [1.165, 1.54) is 0 Å². The molecule has 0 spiro atoms. The smallest absolute Gasteiger partial charge is 0.349 e. The van der Waals surface area contributed by atoms with E-state index in [-0.39, 0.29) is 11.4 Å². The Labute approximate surface area is 91.7 Å². The van der Waals surface area contributed by atoms with Crippen molar-refractivity contribution in [2.24, 2.45) is 10.7 Å². The molecule has 0 bridgehead atoms. The lowest BCUT2D eigenvalue weighted by Gasteiger charge is -2.11. The molecule has 1 aromatic carbocycles. The van der Waals surface area contributed by atoms with Crippen LogP contribution in [0.4, 0.5) is 4.79 Å². The molecule has 0 saturated heterocycles. The lowest BCUT2D eigenvalue weighted by Crippen LogP contribution is -2.40. The molecule has 1 aliphatic rings. The summed E-state index contributed by atoms with van der Waals surface area (Å²) < 4.78 is 0. The van der Waals surface area contributed by atoms with Gasteiger partial charge < -0.3 is 5.73 Å². The quantitative estimate of drug-likeness (QED) is 0.675. The van der Waals surface area contributed by atoms with Gasteiger partial charge in [0.15, 0.2) is 0 Å². The van der Waals surface area contributed by atoms with Crippen LogP contribution in [0.2, 0.25) is 0 Å². The number of urea groups is 1. The molecule has 0 aromatic heterocycles. The van der Waals surface area contributed by atoms with Gasteiger partial charge in [0, 0.05) is 0 Å². The molecule has 16 heavy (non-hydrogen) atoms. The Morgan fingerprint density at radius 2 is 1.88 bits per heavy atom. The zero-order valence-corrected chi connectivity index (χ0v) is 8.31. The molecule has 3 amide bonds. The molecule has 0 unspecified atom stereocenters. The van der Waals surface area contributed by atoms with Gasteiger partial charge in [-0.2, -0.15) is 4.99 Å². The molecule has 0 radical (unpaired) electrons. The normalized spacial score (nSPS) is 18.2. The van der Waals surface area contributed by atoms with E-state index in [1.807, 2.05) is 30.3 Å². The zero-order valence-electron chi connectivity index (χ0n) is 8.31. The van der Waals surface area contributed by atoms with Gasteiger partial charge in [0.05, 0.1) is 5.57 Å². The predicted molar refractivity (Wildman–Crippen MR) is 59.6 cm³/mol. The summed E-state index contributed by atoms with van der Waals surface area (Å²) in [5.74, 6) is -0.584. The van der Waals surface area contributed by atoms with E-state index < -0.39 is 11.9 Å². The highest BCUT2D eigenvalue weighted by molar-refractivity contribution is 6.30. The Kier molecular flexibility index (Phi) is 2.51. The number of carbonyl (C=O) groups is 2. The SMILES string of the molecule is NC1=NC(=O)NC(=O)/C1=C/c1ccccc1. The molecule has 1 aromatic rings. The first-order chi connectivity index (χ1) is 7.66. The molecule has 0 atom stereocenters. The maximum Gasteiger partial charge on any atom is 0.349 e. The van der Waals surface area contributed by atoms with Crippen LogP contribution in [-0.2, 0) is 4.79 Å². The molecule has 5 nitrogen and oxygen atoms in total. The summed E-state index contributed by atoms with van der Waals surface area (Å²) in [4.78, 5) is 25.8. The van der Waals surface area contributed by atoms with Crippen LogP contribution in [0.25, 0.3) is 6.08 Å². The van der Waals surface area contributed by atoms with E-state index in [0.717, 1.165) is 5.56 Å². The first-order valence-electron chi connectivity index (χ1n) is 4.63. The average molecular weight is 215 g/mol. The number of nitrogens with zero attached hydrogens (tertiary/aromatic N) is 1. The monoisotopic (exact) mass is 215 g/mol. The van der Waals surface area contributed by atoms with Gasteiger partial charge in [-0.3, -0.25) is 10.1 Å². The van der Waals surface area contributed by atoms with E-state index in [1.54, 1.807) is 6.08 Å². The number of amidine groups is 1. The molecule has 5 heteroatoms. The molecule has 80 valence electrons. The number of hydrogen-bond acceptors (Lipinski definition) is 3. The number of aliphatic imine (C=N–C) groups is 1. The van der Waals surface area contributed by atoms with Gasteiger partial charge in [0.2, 0.25) is 0 Å². The van der Waals surface area contributed by atoms with Crippen LogP contribution in [0.1, 0.15) is 5.56 Å². The number of carbonyl (C=O) groups excluding carboxylic acids is 2. The van der Waals surface area contributed by atoms with Crippen molar-refractivity contribution in [3.63, 3.8) is 0 Å². The number of nitrogens with one attached hydrogen (secondary N) is 1. The molecule has 1 heterocycles. The van der Waals surface area contributed by atoms with Crippen molar-refractivity contribution in [2.45, 2.75) is 0 Å². The lowest BCUT2D eigenvalue weighted by molar-refractivity contribution is -0.116. The average Bonchev–Trinajstić information content (AvgIpc) is 2.25. The Hall–Kier alpha value is -2.43. The van der Waals surface area contributed by atoms with Crippen molar-refractivity contribution in [3.05, 3.63) is 41.5 Å². The topological polar surface area (TPSA) is 84.5 Å². The van der Waals surface area contributed by atoms with Crippen LogP contribution < -0.4 is 11.1 Å². The Bertz CT molecular complexity index is 503. The highest BCUT2D eigenvalue weighted by Crippen LogP contribution is 2.09. The number of hydrogen-bond donors (Lipinski definition) is 2. The fourth-order valence-corrected chi connectivity index (χ4v) is 1.33. The molecular formula is C11H9N3O2. The summed E-state index contributed by atoms with van der Waals surface area (Å²) in [5, 5.41) is 2.07. The predicted octanol–water partition coefficient (Wildman–Crippen LogP) is 0.677. The van der Waals surface area contributed by atoms with Crippen molar-refractivity contribution >= 4 is 23.8 Å². The van der Waals surface area contributed by atoms with Crippen molar-refractivity contribution in [2.75, 3.05) is 0 Å². The van der Waals surface area contributed by atoms with Crippen molar-refractivity contribution in [1.29, 1.82) is 0 Å². The van der Waals surface area contributed by atoms with Crippen LogP contribution in [0.3, 0.4) is 0 Å². The fourth-order valence-electron chi connectivity index (χ4n) is 1.33. The second-order valence-corrected chi connectivity index (χ2v) is 3.23. The maximum absolute atomic E-state index is 11.5.